The van der Waals surface area contributed by atoms with Crippen molar-refractivity contribution in [3.8, 4) is 0 Å². The van der Waals surface area contributed by atoms with Gasteiger partial charge in [-0.15, -0.1) is 0 Å². The highest BCUT2D eigenvalue weighted by atomic mass is 32.2. The van der Waals surface area contributed by atoms with Crippen LogP contribution in [-0.2, 0) is 16.6 Å². The number of rotatable bonds is 5. The Morgan fingerprint density at radius 1 is 1.12 bits per heavy atom. The zero-order valence-electron chi connectivity index (χ0n) is 13.5. The van der Waals surface area contributed by atoms with Crippen LogP contribution in [0.2, 0.25) is 0 Å². The van der Waals surface area contributed by atoms with Gasteiger partial charge in [0.2, 0.25) is 0 Å². The number of sulfonamides is 1. The van der Waals surface area contributed by atoms with Crippen molar-refractivity contribution in [3.63, 3.8) is 0 Å². The van der Waals surface area contributed by atoms with Crippen LogP contribution in [0.25, 0.3) is 0 Å². The van der Waals surface area contributed by atoms with Gasteiger partial charge in [0.15, 0.2) is 5.82 Å². The molecule has 0 aliphatic heterocycles. The maximum absolute atomic E-state index is 12.5. The van der Waals surface area contributed by atoms with E-state index >= 15 is 0 Å². The molecule has 6 nitrogen and oxygen atoms in total. The van der Waals surface area contributed by atoms with Crippen molar-refractivity contribution in [3.05, 3.63) is 71.7 Å². The van der Waals surface area contributed by atoms with Crippen molar-refractivity contribution in [2.24, 2.45) is 0 Å². The van der Waals surface area contributed by atoms with Gasteiger partial charge in [-0.25, -0.2) is 8.42 Å². The number of nitrogens with zero attached hydrogens (tertiary/aromatic N) is 3. The third kappa shape index (κ3) is 3.62. The standard InChI is InChI=1S/C17H18N4O2S/c1-13-5-6-16(10-14(13)2)24(22,23)20-17-7-9-21(19-17)12-15-4-3-8-18-11-15/h3-11H,12H2,1-2H3,(H,19,20). The minimum atomic E-state index is -3.65. The van der Waals surface area contributed by atoms with E-state index in [1.807, 2.05) is 26.0 Å². The highest BCUT2D eigenvalue weighted by molar-refractivity contribution is 7.92. The number of pyridine rings is 1. The third-order valence-corrected chi connectivity index (χ3v) is 5.09. The number of aryl methyl sites for hydroxylation is 2. The predicted octanol–water partition coefficient (Wildman–Crippen LogP) is 2.74. The van der Waals surface area contributed by atoms with Crippen LogP contribution in [0.15, 0.2) is 59.9 Å². The lowest BCUT2D eigenvalue weighted by atomic mass is 10.1. The molecule has 1 aromatic carbocycles. The molecule has 1 N–H and O–H groups in total. The Hall–Kier alpha value is -2.67. The van der Waals surface area contributed by atoms with Gasteiger partial charge in [-0.2, -0.15) is 5.10 Å². The van der Waals surface area contributed by atoms with Gasteiger partial charge in [-0.3, -0.25) is 14.4 Å². The van der Waals surface area contributed by atoms with Crippen LogP contribution in [0.5, 0.6) is 0 Å². The molecule has 0 spiro atoms. The quantitative estimate of drug-likeness (QED) is 0.773. The maximum atomic E-state index is 12.5. The molecular weight excluding hydrogens is 324 g/mol. The summed E-state index contributed by atoms with van der Waals surface area (Å²) in [6, 6.07) is 10.5. The monoisotopic (exact) mass is 342 g/mol. The van der Waals surface area contributed by atoms with Gasteiger partial charge in [-0.05, 0) is 48.7 Å². The maximum Gasteiger partial charge on any atom is 0.263 e. The van der Waals surface area contributed by atoms with E-state index < -0.39 is 10.0 Å². The first kappa shape index (κ1) is 16.2. The lowest BCUT2D eigenvalue weighted by Gasteiger charge is -2.08. The lowest BCUT2D eigenvalue weighted by molar-refractivity contribution is 0.600. The van der Waals surface area contributed by atoms with Crippen LogP contribution in [0.1, 0.15) is 16.7 Å². The Kier molecular flexibility index (Phi) is 4.35. The van der Waals surface area contributed by atoms with Crippen LogP contribution >= 0.6 is 0 Å². The molecule has 2 heterocycles. The molecule has 0 atom stereocenters. The van der Waals surface area contributed by atoms with Crippen molar-refractivity contribution >= 4 is 15.8 Å². The summed E-state index contributed by atoms with van der Waals surface area (Å²) in [5.41, 5.74) is 2.97. The molecule has 3 aromatic rings. The molecular formula is C17H18N4O2S. The average Bonchev–Trinajstić information content (AvgIpc) is 2.97. The topological polar surface area (TPSA) is 76.9 Å². The Morgan fingerprint density at radius 2 is 1.96 bits per heavy atom. The molecule has 0 saturated heterocycles. The van der Waals surface area contributed by atoms with E-state index in [9.17, 15) is 8.42 Å². The number of anilines is 1. The fourth-order valence-electron chi connectivity index (χ4n) is 2.26. The van der Waals surface area contributed by atoms with Gasteiger partial charge < -0.3 is 0 Å². The van der Waals surface area contributed by atoms with Gasteiger partial charge >= 0.3 is 0 Å². The van der Waals surface area contributed by atoms with E-state index in [1.54, 1.807) is 47.5 Å². The number of benzene rings is 1. The van der Waals surface area contributed by atoms with Crippen LogP contribution < -0.4 is 4.72 Å². The smallest absolute Gasteiger partial charge is 0.263 e. The summed E-state index contributed by atoms with van der Waals surface area (Å²) >= 11 is 0. The zero-order chi connectivity index (χ0) is 17.2. The zero-order valence-corrected chi connectivity index (χ0v) is 14.3. The fourth-order valence-corrected chi connectivity index (χ4v) is 3.34. The summed E-state index contributed by atoms with van der Waals surface area (Å²) in [5, 5.41) is 4.25. The van der Waals surface area contributed by atoms with Crippen LogP contribution in [-0.4, -0.2) is 23.2 Å². The molecule has 0 radical (unpaired) electrons. The number of hydrogen-bond acceptors (Lipinski definition) is 4. The molecule has 0 aliphatic carbocycles. The summed E-state index contributed by atoms with van der Waals surface area (Å²) in [7, 11) is -3.65. The molecule has 0 unspecified atom stereocenters. The molecule has 0 fully saturated rings. The largest absolute Gasteiger partial charge is 0.266 e. The SMILES string of the molecule is Cc1ccc(S(=O)(=O)Nc2ccn(Cc3cccnc3)n2)cc1C. The molecule has 0 aliphatic rings. The first-order valence-corrected chi connectivity index (χ1v) is 8.95. The third-order valence-electron chi connectivity index (χ3n) is 3.74. The van der Waals surface area contributed by atoms with Crippen molar-refractivity contribution in [2.45, 2.75) is 25.3 Å². The van der Waals surface area contributed by atoms with Gasteiger partial charge in [0, 0.05) is 24.7 Å². The van der Waals surface area contributed by atoms with E-state index in [2.05, 4.69) is 14.8 Å². The second kappa shape index (κ2) is 6.45. The summed E-state index contributed by atoms with van der Waals surface area (Å²) in [4.78, 5) is 4.28. The number of nitrogens with one attached hydrogen (secondary N) is 1. The highest BCUT2D eigenvalue weighted by Gasteiger charge is 2.16. The Balaban J connectivity index is 1.77. The summed E-state index contributed by atoms with van der Waals surface area (Å²) in [6.45, 7) is 4.36. The number of aromatic nitrogens is 3. The second-order valence-corrected chi connectivity index (χ2v) is 7.29. The second-order valence-electron chi connectivity index (χ2n) is 5.61. The van der Waals surface area contributed by atoms with Crippen molar-refractivity contribution < 1.29 is 8.42 Å². The van der Waals surface area contributed by atoms with E-state index in [0.717, 1.165) is 16.7 Å². The molecule has 24 heavy (non-hydrogen) atoms. The first-order valence-electron chi connectivity index (χ1n) is 7.46. The first-order chi connectivity index (χ1) is 11.4. The van der Waals surface area contributed by atoms with Gasteiger partial charge in [0.25, 0.3) is 10.0 Å². The van der Waals surface area contributed by atoms with E-state index in [1.165, 1.54) is 0 Å². The van der Waals surface area contributed by atoms with E-state index in [0.29, 0.717) is 6.54 Å². The van der Waals surface area contributed by atoms with Gasteiger partial charge in [0.05, 0.1) is 11.4 Å². The molecule has 2 aromatic heterocycles. The summed E-state index contributed by atoms with van der Waals surface area (Å²) in [6.07, 6.45) is 5.18. The van der Waals surface area contributed by atoms with Gasteiger partial charge in [-0.1, -0.05) is 12.1 Å². The highest BCUT2D eigenvalue weighted by Crippen LogP contribution is 2.18. The summed E-state index contributed by atoms with van der Waals surface area (Å²) in [5.74, 6) is 0.289. The molecule has 7 heteroatoms. The predicted molar refractivity (Wildman–Crippen MR) is 92.3 cm³/mol. The van der Waals surface area contributed by atoms with Crippen LogP contribution in [0.4, 0.5) is 5.82 Å². The Labute approximate surface area is 141 Å². The molecule has 0 amide bonds. The summed E-state index contributed by atoms with van der Waals surface area (Å²) < 4.78 is 29.1. The van der Waals surface area contributed by atoms with Crippen LogP contribution in [0, 0.1) is 13.8 Å². The normalized spacial score (nSPS) is 11.4. The van der Waals surface area contributed by atoms with E-state index in [-0.39, 0.29) is 10.7 Å². The van der Waals surface area contributed by atoms with Crippen molar-refractivity contribution in [1.82, 2.24) is 14.8 Å². The molecule has 124 valence electrons. The fraction of sp³-hybridized carbons (Fsp3) is 0.176. The number of hydrogen-bond donors (Lipinski definition) is 1. The van der Waals surface area contributed by atoms with Crippen LogP contribution in [0.3, 0.4) is 0 Å². The molecule has 0 bridgehead atoms. The minimum Gasteiger partial charge on any atom is -0.266 e. The molecule has 3 rings (SSSR count). The Bertz CT molecular complexity index is 950. The average molecular weight is 342 g/mol. The van der Waals surface area contributed by atoms with E-state index in [4.69, 9.17) is 0 Å². The molecule has 0 saturated carbocycles. The minimum absolute atomic E-state index is 0.229. The lowest BCUT2D eigenvalue weighted by Crippen LogP contribution is -2.14. The van der Waals surface area contributed by atoms with Crippen molar-refractivity contribution in [1.29, 1.82) is 0 Å². The Morgan fingerprint density at radius 3 is 2.67 bits per heavy atom. The van der Waals surface area contributed by atoms with Gasteiger partial charge in [0.1, 0.15) is 0 Å². The van der Waals surface area contributed by atoms with Crippen molar-refractivity contribution in [2.75, 3.05) is 4.72 Å².